The number of hydrogen-bond donors (Lipinski definition) is 3. The van der Waals surface area contributed by atoms with Gasteiger partial charge in [-0.1, -0.05) is 0 Å². The first kappa shape index (κ1) is 12.0. The maximum absolute atomic E-state index is 9.40. The quantitative estimate of drug-likeness (QED) is 0.781. The Labute approximate surface area is 111 Å². The Morgan fingerprint density at radius 1 is 1.25 bits per heavy atom. The molecule has 2 rings (SSSR count). The molecular formula is C11H12Br2N2O. The van der Waals surface area contributed by atoms with Gasteiger partial charge in [0.05, 0.1) is 10.7 Å². The Morgan fingerprint density at radius 2 is 2.00 bits per heavy atom. The maximum Gasteiger partial charge on any atom is 0.0966 e. The molecule has 0 saturated heterocycles. The molecule has 16 heavy (non-hydrogen) atoms. The molecule has 0 aromatic carbocycles. The number of hydrogen-bond acceptors (Lipinski definition) is 1. The van der Waals surface area contributed by atoms with Crippen LogP contribution in [0.5, 0.6) is 0 Å². The van der Waals surface area contributed by atoms with Crippen molar-refractivity contribution in [1.82, 2.24) is 9.97 Å². The van der Waals surface area contributed by atoms with Crippen LogP contribution in [0.2, 0.25) is 0 Å². The van der Waals surface area contributed by atoms with Gasteiger partial charge in [0.1, 0.15) is 0 Å². The van der Waals surface area contributed by atoms with Crippen molar-refractivity contribution in [1.29, 1.82) is 0 Å². The number of H-pyrrole nitrogens is 2. The molecular weight excluding hydrogens is 336 g/mol. The third-order valence-electron chi connectivity index (χ3n) is 2.38. The number of aliphatic hydroxyl groups is 1. The molecule has 0 radical (unpaired) electrons. The van der Waals surface area contributed by atoms with Crippen LogP contribution in [0.15, 0.2) is 27.3 Å². The highest BCUT2D eigenvalue weighted by molar-refractivity contribution is 9.13. The minimum absolute atomic E-state index is 0.448. The fourth-order valence-corrected chi connectivity index (χ4v) is 2.30. The Balaban J connectivity index is 2.14. The molecule has 1 unspecified atom stereocenters. The van der Waals surface area contributed by atoms with Crippen LogP contribution in [-0.2, 0) is 6.42 Å². The zero-order valence-electron chi connectivity index (χ0n) is 8.72. The number of aliphatic hydroxyl groups excluding tert-OH is 1. The highest BCUT2D eigenvalue weighted by atomic mass is 79.9. The third kappa shape index (κ3) is 2.59. The first-order valence-corrected chi connectivity index (χ1v) is 6.53. The summed E-state index contributed by atoms with van der Waals surface area (Å²) in [5, 5.41) is 9.40. The topological polar surface area (TPSA) is 51.8 Å². The van der Waals surface area contributed by atoms with E-state index in [9.17, 15) is 5.11 Å². The van der Waals surface area contributed by atoms with Crippen molar-refractivity contribution in [3.8, 4) is 0 Å². The van der Waals surface area contributed by atoms with Crippen molar-refractivity contribution in [2.24, 2.45) is 0 Å². The Kier molecular flexibility index (Phi) is 3.56. The van der Waals surface area contributed by atoms with Gasteiger partial charge in [0.2, 0.25) is 0 Å². The summed E-state index contributed by atoms with van der Waals surface area (Å²) in [4.78, 5) is 6.41. The summed E-state index contributed by atoms with van der Waals surface area (Å²) in [5.74, 6) is 0. The minimum atomic E-state index is -0.448. The highest BCUT2D eigenvalue weighted by Gasteiger charge is 2.07. The molecule has 0 amide bonds. The maximum atomic E-state index is 9.40. The van der Waals surface area contributed by atoms with E-state index in [0.29, 0.717) is 0 Å². The monoisotopic (exact) mass is 346 g/mol. The second-order valence-electron chi connectivity index (χ2n) is 3.75. The molecule has 0 aliphatic carbocycles. The lowest BCUT2D eigenvalue weighted by Gasteiger charge is -1.99. The average molecular weight is 348 g/mol. The second-order valence-corrected chi connectivity index (χ2v) is 5.40. The molecule has 2 aromatic rings. The largest absolute Gasteiger partial charge is 0.387 e. The molecule has 2 heterocycles. The Morgan fingerprint density at radius 3 is 2.50 bits per heavy atom. The van der Waals surface area contributed by atoms with Gasteiger partial charge in [0, 0.05) is 28.0 Å². The fraction of sp³-hybridized carbons (Fsp3) is 0.273. The fourth-order valence-electron chi connectivity index (χ4n) is 1.56. The van der Waals surface area contributed by atoms with Crippen LogP contribution >= 0.6 is 31.9 Å². The number of aromatic amines is 2. The zero-order valence-corrected chi connectivity index (χ0v) is 11.9. The molecule has 0 bridgehead atoms. The first-order valence-electron chi connectivity index (χ1n) is 4.95. The normalized spacial score (nSPS) is 13.0. The van der Waals surface area contributed by atoms with Crippen molar-refractivity contribution in [3.05, 3.63) is 44.4 Å². The van der Waals surface area contributed by atoms with Crippen molar-refractivity contribution in [2.45, 2.75) is 19.4 Å². The number of halogens is 2. The second kappa shape index (κ2) is 4.77. The van der Waals surface area contributed by atoms with Crippen molar-refractivity contribution in [3.63, 3.8) is 0 Å². The third-order valence-corrected chi connectivity index (χ3v) is 4.16. The molecule has 0 aliphatic heterocycles. The molecule has 0 spiro atoms. The lowest BCUT2D eigenvalue weighted by Crippen LogP contribution is -1.93. The van der Waals surface area contributed by atoms with E-state index >= 15 is 0 Å². The molecule has 0 aliphatic rings. The first-order chi connectivity index (χ1) is 7.56. The van der Waals surface area contributed by atoms with Gasteiger partial charge in [-0.15, -0.1) is 0 Å². The SMILES string of the molecule is CC(O)c1ccc(Cc2cc(Br)c(Br)[nH]2)[nH]1. The van der Waals surface area contributed by atoms with Crippen LogP contribution in [0.1, 0.15) is 30.1 Å². The van der Waals surface area contributed by atoms with Gasteiger partial charge in [-0.3, -0.25) is 0 Å². The van der Waals surface area contributed by atoms with E-state index in [-0.39, 0.29) is 0 Å². The lowest BCUT2D eigenvalue weighted by atomic mass is 10.2. The van der Waals surface area contributed by atoms with E-state index < -0.39 is 6.10 Å². The van der Waals surface area contributed by atoms with E-state index in [0.717, 1.165) is 32.6 Å². The smallest absolute Gasteiger partial charge is 0.0966 e. The van der Waals surface area contributed by atoms with Crippen molar-refractivity contribution in [2.75, 3.05) is 0 Å². The molecule has 3 nitrogen and oxygen atoms in total. The predicted molar refractivity (Wildman–Crippen MR) is 70.4 cm³/mol. The van der Waals surface area contributed by atoms with Crippen molar-refractivity contribution >= 4 is 31.9 Å². The van der Waals surface area contributed by atoms with E-state index in [2.05, 4.69) is 41.8 Å². The molecule has 3 N–H and O–H groups in total. The van der Waals surface area contributed by atoms with Crippen LogP contribution in [0, 0.1) is 0 Å². The summed E-state index contributed by atoms with van der Waals surface area (Å²) in [6, 6.07) is 5.94. The van der Waals surface area contributed by atoms with Crippen LogP contribution in [-0.4, -0.2) is 15.1 Å². The van der Waals surface area contributed by atoms with Crippen LogP contribution in [0.4, 0.5) is 0 Å². The summed E-state index contributed by atoms with van der Waals surface area (Å²) < 4.78 is 1.97. The zero-order chi connectivity index (χ0) is 11.7. The minimum Gasteiger partial charge on any atom is -0.387 e. The standard InChI is InChI=1S/C11H12Br2N2O/c1-6(16)10-3-2-7(14-10)4-8-5-9(12)11(13)15-8/h2-3,5-6,14-16H,4H2,1H3. The van der Waals surface area contributed by atoms with Crippen LogP contribution < -0.4 is 0 Å². The average Bonchev–Trinajstić information content (AvgIpc) is 2.76. The molecule has 5 heteroatoms. The molecule has 0 saturated carbocycles. The van der Waals surface area contributed by atoms with Crippen LogP contribution in [0.3, 0.4) is 0 Å². The number of aromatic nitrogens is 2. The van der Waals surface area contributed by atoms with Gasteiger partial charge in [-0.05, 0) is 57.0 Å². The van der Waals surface area contributed by atoms with Gasteiger partial charge in [-0.25, -0.2) is 0 Å². The summed E-state index contributed by atoms with van der Waals surface area (Å²) in [6.45, 7) is 1.75. The van der Waals surface area contributed by atoms with Gasteiger partial charge < -0.3 is 15.1 Å². The van der Waals surface area contributed by atoms with Crippen LogP contribution in [0.25, 0.3) is 0 Å². The Hall–Kier alpha value is -0.520. The molecule has 1 atom stereocenters. The van der Waals surface area contributed by atoms with Gasteiger partial charge in [0.15, 0.2) is 0 Å². The summed E-state index contributed by atoms with van der Waals surface area (Å²) in [7, 11) is 0. The van der Waals surface area contributed by atoms with E-state index in [1.807, 2.05) is 18.2 Å². The molecule has 86 valence electrons. The van der Waals surface area contributed by atoms with Gasteiger partial charge in [-0.2, -0.15) is 0 Å². The van der Waals surface area contributed by atoms with Gasteiger partial charge >= 0.3 is 0 Å². The Bertz CT molecular complexity index is 468. The number of nitrogens with one attached hydrogen (secondary N) is 2. The lowest BCUT2D eigenvalue weighted by molar-refractivity contribution is 0.195. The summed E-state index contributed by atoms with van der Waals surface area (Å²) in [5.41, 5.74) is 3.04. The van der Waals surface area contributed by atoms with Gasteiger partial charge in [0.25, 0.3) is 0 Å². The van der Waals surface area contributed by atoms with E-state index in [4.69, 9.17) is 0 Å². The van der Waals surface area contributed by atoms with E-state index in [1.54, 1.807) is 6.92 Å². The summed E-state index contributed by atoms with van der Waals surface area (Å²) in [6.07, 6.45) is 0.340. The molecule has 0 fully saturated rings. The number of rotatable bonds is 3. The molecule has 2 aromatic heterocycles. The van der Waals surface area contributed by atoms with E-state index in [1.165, 1.54) is 0 Å². The predicted octanol–water partition coefficient (Wildman–Crippen LogP) is 3.51. The van der Waals surface area contributed by atoms with Crippen molar-refractivity contribution < 1.29 is 5.11 Å². The summed E-state index contributed by atoms with van der Waals surface area (Å²) >= 11 is 6.83. The highest BCUT2D eigenvalue weighted by Crippen LogP contribution is 2.24.